The standard InChI is InChI=1S/C17H16N2O3S3.BrH/c1-22-15(21)14-7-12(16(23-2)25-14)13-9-24-17(19-13)18-11-5-3-4-10(6-11)8-20;/h3-7,9,20H,8H2,1-2H3,(H,18,19);1H. The number of ether oxygens (including phenoxy) is 1. The molecular weight excluding hydrogens is 456 g/mol. The average molecular weight is 473 g/mol. The number of rotatable bonds is 6. The number of carbonyl (C=O) groups excluding carboxylic acids is 1. The van der Waals surface area contributed by atoms with Gasteiger partial charge in [-0.15, -0.1) is 51.4 Å². The largest absolute Gasteiger partial charge is 0.465 e. The molecule has 0 aliphatic heterocycles. The minimum absolute atomic E-state index is 0. The van der Waals surface area contributed by atoms with Crippen LogP contribution >= 0.6 is 51.4 Å². The molecule has 1 aromatic carbocycles. The van der Waals surface area contributed by atoms with E-state index in [4.69, 9.17) is 4.74 Å². The van der Waals surface area contributed by atoms with Crippen LogP contribution in [0.1, 0.15) is 15.2 Å². The number of esters is 1. The number of aliphatic hydroxyl groups is 1. The lowest BCUT2D eigenvalue weighted by molar-refractivity contribution is 0.0606. The molecule has 2 N–H and O–H groups in total. The normalized spacial score (nSPS) is 10.3. The first-order valence-corrected chi connectivity index (χ1v) is 10.3. The zero-order valence-electron chi connectivity index (χ0n) is 14.0. The molecule has 0 amide bonds. The molecule has 3 rings (SSSR count). The van der Waals surface area contributed by atoms with Crippen molar-refractivity contribution in [3.63, 3.8) is 0 Å². The number of methoxy groups -OCH3 is 1. The number of carbonyl (C=O) groups is 1. The van der Waals surface area contributed by atoms with Crippen molar-refractivity contribution >= 4 is 68.2 Å². The van der Waals surface area contributed by atoms with Gasteiger partial charge in [-0.05, 0) is 30.0 Å². The highest BCUT2D eigenvalue weighted by molar-refractivity contribution is 8.93. The van der Waals surface area contributed by atoms with Crippen molar-refractivity contribution in [2.45, 2.75) is 10.8 Å². The zero-order chi connectivity index (χ0) is 17.8. The molecule has 2 aromatic heterocycles. The van der Waals surface area contributed by atoms with E-state index in [1.807, 2.05) is 42.0 Å². The molecule has 0 bridgehead atoms. The first-order chi connectivity index (χ1) is 12.1. The SMILES string of the molecule is Br.COC(=O)c1cc(-c2csc(Nc3cccc(CO)c3)n2)c(SC)s1. The molecule has 26 heavy (non-hydrogen) atoms. The van der Waals surface area contributed by atoms with Crippen LogP contribution in [0, 0.1) is 0 Å². The minimum Gasteiger partial charge on any atom is -0.465 e. The molecule has 2 heterocycles. The van der Waals surface area contributed by atoms with E-state index in [9.17, 15) is 9.90 Å². The molecule has 0 aliphatic rings. The number of aromatic nitrogens is 1. The topological polar surface area (TPSA) is 71.5 Å². The third-order valence-corrected chi connectivity index (χ3v) is 6.42. The number of benzene rings is 1. The van der Waals surface area contributed by atoms with Crippen molar-refractivity contribution in [3.8, 4) is 11.3 Å². The van der Waals surface area contributed by atoms with Crippen LogP contribution in [0.5, 0.6) is 0 Å². The maximum absolute atomic E-state index is 11.8. The summed E-state index contributed by atoms with van der Waals surface area (Å²) in [6, 6.07) is 9.38. The van der Waals surface area contributed by atoms with Crippen LogP contribution in [0.3, 0.4) is 0 Å². The molecule has 0 radical (unpaired) electrons. The van der Waals surface area contributed by atoms with Gasteiger partial charge in [0.1, 0.15) is 4.88 Å². The molecule has 3 aromatic rings. The second-order valence-corrected chi connectivity index (χ2v) is 8.01. The third-order valence-electron chi connectivity index (χ3n) is 3.41. The van der Waals surface area contributed by atoms with E-state index >= 15 is 0 Å². The first-order valence-electron chi connectivity index (χ1n) is 7.33. The predicted molar refractivity (Wildman–Crippen MR) is 115 cm³/mol. The number of thiazole rings is 1. The molecule has 0 saturated carbocycles. The van der Waals surface area contributed by atoms with Crippen LogP contribution in [-0.4, -0.2) is 29.4 Å². The molecule has 0 saturated heterocycles. The molecular formula is C17H17BrN2O3S3. The van der Waals surface area contributed by atoms with Crippen LogP contribution in [0.4, 0.5) is 10.8 Å². The van der Waals surface area contributed by atoms with Gasteiger partial charge in [0, 0.05) is 16.6 Å². The van der Waals surface area contributed by atoms with Crippen molar-refractivity contribution in [1.82, 2.24) is 4.98 Å². The van der Waals surface area contributed by atoms with E-state index in [1.54, 1.807) is 11.8 Å². The van der Waals surface area contributed by atoms with E-state index in [1.165, 1.54) is 29.8 Å². The fourth-order valence-corrected chi connectivity index (χ4v) is 4.76. The monoisotopic (exact) mass is 472 g/mol. The Bertz CT molecular complexity index is 895. The van der Waals surface area contributed by atoms with Crippen LogP contribution < -0.4 is 5.32 Å². The Kier molecular flexibility index (Phi) is 7.66. The number of hydrogen-bond donors (Lipinski definition) is 2. The van der Waals surface area contributed by atoms with Crippen LogP contribution in [-0.2, 0) is 11.3 Å². The predicted octanol–water partition coefficient (Wildman–Crippen LogP) is 5.19. The lowest BCUT2D eigenvalue weighted by Gasteiger charge is -2.04. The molecule has 5 nitrogen and oxygen atoms in total. The van der Waals surface area contributed by atoms with Gasteiger partial charge in [-0.25, -0.2) is 9.78 Å². The Morgan fingerprint density at radius 1 is 1.38 bits per heavy atom. The molecule has 9 heteroatoms. The average Bonchev–Trinajstić information content (AvgIpc) is 3.27. The van der Waals surface area contributed by atoms with E-state index in [0.29, 0.717) is 4.88 Å². The van der Waals surface area contributed by atoms with Gasteiger partial charge in [-0.2, -0.15) is 0 Å². The van der Waals surface area contributed by atoms with E-state index in [2.05, 4.69) is 10.3 Å². The highest BCUT2D eigenvalue weighted by atomic mass is 79.9. The second-order valence-electron chi connectivity index (χ2n) is 5.03. The Morgan fingerprint density at radius 2 is 2.19 bits per heavy atom. The number of aliphatic hydroxyl groups excluding tert-OH is 1. The van der Waals surface area contributed by atoms with Gasteiger partial charge in [-0.1, -0.05) is 12.1 Å². The van der Waals surface area contributed by atoms with Gasteiger partial charge in [0.25, 0.3) is 0 Å². The van der Waals surface area contributed by atoms with Gasteiger partial charge in [-0.3, -0.25) is 0 Å². The molecule has 0 atom stereocenters. The molecule has 138 valence electrons. The summed E-state index contributed by atoms with van der Waals surface area (Å²) in [6.07, 6.45) is 1.97. The van der Waals surface area contributed by atoms with Crippen molar-refractivity contribution in [1.29, 1.82) is 0 Å². The summed E-state index contributed by atoms with van der Waals surface area (Å²) >= 11 is 4.48. The maximum atomic E-state index is 11.8. The number of thiophene rings is 1. The Hall–Kier alpha value is -1.39. The molecule has 0 unspecified atom stereocenters. The van der Waals surface area contributed by atoms with Gasteiger partial charge >= 0.3 is 5.97 Å². The quantitative estimate of drug-likeness (QED) is 0.379. The Labute approximate surface area is 174 Å². The number of hydrogen-bond acceptors (Lipinski definition) is 8. The molecule has 0 aliphatic carbocycles. The highest BCUT2D eigenvalue weighted by Gasteiger charge is 2.18. The second kappa shape index (κ2) is 9.52. The fourth-order valence-electron chi connectivity index (χ4n) is 2.23. The Morgan fingerprint density at radius 3 is 2.88 bits per heavy atom. The highest BCUT2D eigenvalue weighted by Crippen LogP contribution is 2.39. The van der Waals surface area contributed by atoms with Gasteiger partial charge in [0.15, 0.2) is 5.13 Å². The summed E-state index contributed by atoms with van der Waals surface area (Å²) in [5, 5.41) is 15.2. The zero-order valence-corrected chi connectivity index (χ0v) is 18.2. The van der Waals surface area contributed by atoms with E-state index in [-0.39, 0.29) is 29.6 Å². The molecule has 0 spiro atoms. The summed E-state index contributed by atoms with van der Waals surface area (Å²) in [7, 11) is 1.38. The van der Waals surface area contributed by atoms with Crippen LogP contribution in [0.2, 0.25) is 0 Å². The summed E-state index contributed by atoms with van der Waals surface area (Å²) < 4.78 is 5.83. The number of nitrogens with zero attached hydrogens (tertiary/aromatic N) is 1. The van der Waals surface area contributed by atoms with Crippen molar-refractivity contribution in [2.75, 3.05) is 18.7 Å². The number of thioether (sulfide) groups is 1. The maximum Gasteiger partial charge on any atom is 0.348 e. The number of halogens is 1. The number of nitrogens with one attached hydrogen (secondary N) is 1. The van der Waals surface area contributed by atoms with E-state index in [0.717, 1.165) is 31.8 Å². The van der Waals surface area contributed by atoms with Gasteiger partial charge in [0.2, 0.25) is 0 Å². The minimum atomic E-state index is -0.332. The van der Waals surface area contributed by atoms with Gasteiger partial charge in [0.05, 0.1) is 23.6 Å². The molecule has 0 fully saturated rings. The van der Waals surface area contributed by atoms with Crippen molar-refractivity contribution in [3.05, 3.63) is 46.2 Å². The van der Waals surface area contributed by atoms with Gasteiger partial charge < -0.3 is 15.2 Å². The lowest BCUT2D eigenvalue weighted by Crippen LogP contribution is -1.96. The van der Waals surface area contributed by atoms with Crippen molar-refractivity contribution in [2.24, 2.45) is 0 Å². The summed E-state index contributed by atoms with van der Waals surface area (Å²) in [4.78, 5) is 17.0. The lowest BCUT2D eigenvalue weighted by atomic mass is 10.2. The summed E-state index contributed by atoms with van der Waals surface area (Å²) in [5.41, 5.74) is 3.47. The smallest absolute Gasteiger partial charge is 0.348 e. The Balaban J connectivity index is 0.00000243. The summed E-state index contributed by atoms with van der Waals surface area (Å²) in [5.74, 6) is -0.332. The number of anilines is 2. The van der Waals surface area contributed by atoms with Crippen LogP contribution in [0.25, 0.3) is 11.3 Å². The third kappa shape index (κ3) is 4.66. The first kappa shape index (κ1) is 20.9. The summed E-state index contributed by atoms with van der Waals surface area (Å²) in [6.45, 7) is 0.000924. The van der Waals surface area contributed by atoms with E-state index < -0.39 is 0 Å². The van der Waals surface area contributed by atoms with Crippen LogP contribution in [0.15, 0.2) is 39.9 Å². The fraction of sp³-hybridized carbons (Fsp3) is 0.176. The van der Waals surface area contributed by atoms with Crippen molar-refractivity contribution < 1.29 is 14.6 Å².